The number of nitrogens with zero attached hydrogens (tertiary/aromatic N) is 3. The van der Waals surface area contributed by atoms with E-state index in [0.29, 0.717) is 0 Å². The van der Waals surface area contributed by atoms with Crippen LogP contribution in [0.15, 0.2) is 14.0 Å². The van der Waals surface area contributed by atoms with Gasteiger partial charge in [0.1, 0.15) is 0 Å². The van der Waals surface area contributed by atoms with Gasteiger partial charge < -0.3 is 0 Å². The van der Waals surface area contributed by atoms with Gasteiger partial charge in [-0.25, -0.2) is 4.52 Å². The fourth-order valence-electron chi connectivity index (χ4n) is 1.56. The summed E-state index contributed by atoms with van der Waals surface area (Å²) in [6, 6.07) is 0.258. The molecule has 0 aromatic rings. The second-order valence-corrected chi connectivity index (χ2v) is 10.8. The Labute approximate surface area is 81.3 Å². The summed E-state index contributed by atoms with van der Waals surface area (Å²) in [5.41, 5.74) is 1.15. The van der Waals surface area contributed by atoms with Crippen LogP contribution >= 0.6 is 14.4 Å². The first kappa shape index (κ1) is 11.2. The van der Waals surface area contributed by atoms with Gasteiger partial charge in [-0.05, 0) is 40.5 Å². The molecule has 0 saturated carbocycles. The molecule has 0 spiro atoms. The van der Waals surface area contributed by atoms with Crippen molar-refractivity contribution in [2.24, 2.45) is 14.0 Å². The van der Waals surface area contributed by atoms with Crippen LogP contribution in [-0.2, 0) is 0 Å². The van der Waals surface area contributed by atoms with Gasteiger partial charge in [0, 0.05) is 5.71 Å². The van der Waals surface area contributed by atoms with E-state index in [1.165, 1.54) is 0 Å². The first-order chi connectivity index (χ1) is 5.72. The molecular formula is C8H19N3P2. The molecule has 0 radical (unpaired) electrons. The molecule has 0 amide bonds. The lowest BCUT2D eigenvalue weighted by Gasteiger charge is -2.12. The number of rotatable bonds is 0. The van der Waals surface area contributed by atoms with E-state index in [1.54, 1.807) is 0 Å². The Morgan fingerprint density at radius 2 is 1.62 bits per heavy atom. The lowest BCUT2D eigenvalue weighted by molar-refractivity contribution is 0.984. The van der Waals surface area contributed by atoms with Gasteiger partial charge in [0.2, 0.25) is 0 Å². The maximum Gasteiger partial charge on any atom is 0.0855 e. The second kappa shape index (κ2) is 3.37. The van der Waals surface area contributed by atoms with Crippen LogP contribution < -0.4 is 0 Å². The highest BCUT2D eigenvalue weighted by molar-refractivity contribution is 7.75. The van der Waals surface area contributed by atoms with Crippen LogP contribution in [0, 0.1) is 0 Å². The summed E-state index contributed by atoms with van der Waals surface area (Å²) in [6.07, 6.45) is 0. The fourth-order valence-corrected chi connectivity index (χ4v) is 8.14. The summed E-state index contributed by atoms with van der Waals surface area (Å²) < 4.78 is 14.2. The zero-order valence-corrected chi connectivity index (χ0v) is 11.1. The van der Waals surface area contributed by atoms with E-state index in [4.69, 9.17) is 9.26 Å². The Morgan fingerprint density at radius 3 is 2.15 bits per heavy atom. The quantitative estimate of drug-likeness (QED) is 0.558. The molecule has 0 aliphatic carbocycles. The third-order valence-electron chi connectivity index (χ3n) is 1.90. The lowest BCUT2D eigenvalue weighted by atomic mass is 10.2. The van der Waals surface area contributed by atoms with Crippen molar-refractivity contribution in [3.8, 4) is 0 Å². The van der Waals surface area contributed by atoms with E-state index in [0.717, 1.165) is 5.71 Å². The van der Waals surface area contributed by atoms with Crippen molar-refractivity contribution < 1.29 is 0 Å². The minimum Gasteiger partial charge on any atom is -0.272 e. The van der Waals surface area contributed by atoms with E-state index in [9.17, 15) is 0 Å². The summed E-state index contributed by atoms with van der Waals surface area (Å²) in [4.78, 5) is 0. The topological polar surface area (TPSA) is 37.1 Å². The SMILES string of the molecule is CC1=NP(C)(C)=NP(C)(C)=NC1C. The third-order valence-corrected chi connectivity index (χ3v) is 7.12. The van der Waals surface area contributed by atoms with Gasteiger partial charge >= 0.3 is 0 Å². The Bertz CT molecular complexity index is 342. The summed E-state index contributed by atoms with van der Waals surface area (Å²) in [5, 5.41) is 0. The maximum atomic E-state index is 4.81. The van der Waals surface area contributed by atoms with Crippen molar-refractivity contribution in [2.75, 3.05) is 26.7 Å². The molecule has 76 valence electrons. The Kier molecular flexibility index (Phi) is 2.90. The Morgan fingerprint density at radius 1 is 1.08 bits per heavy atom. The molecule has 1 unspecified atom stereocenters. The Hall–Kier alpha value is 0.130. The average molecular weight is 219 g/mol. The molecule has 1 aliphatic heterocycles. The highest BCUT2D eigenvalue weighted by Gasteiger charge is 2.17. The van der Waals surface area contributed by atoms with Gasteiger partial charge in [-0.15, -0.1) is 0 Å². The van der Waals surface area contributed by atoms with E-state index < -0.39 is 14.4 Å². The van der Waals surface area contributed by atoms with Gasteiger partial charge in [0.15, 0.2) is 0 Å². The van der Waals surface area contributed by atoms with E-state index >= 15 is 0 Å². The van der Waals surface area contributed by atoms with Gasteiger partial charge in [0.25, 0.3) is 0 Å². The van der Waals surface area contributed by atoms with Crippen molar-refractivity contribution in [2.45, 2.75) is 19.9 Å². The van der Waals surface area contributed by atoms with Crippen LogP contribution in [0.3, 0.4) is 0 Å². The van der Waals surface area contributed by atoms with E-state index in [-0.39, 0.29) is 6.04 Å². The van der Waals surface area contributed by atoms with Crippen LogP contribution in [0.25, 0.3) is 0 Å². The standard InChI is InChI=1S/C8H19N3P2/c1-7-8(2)10-13(5,6)11-12(3,4)9-7/h7H,1-6H3. The molecule has 0 saturated heterocycles. The molecule has 0 aromatic carbocycles. The van der Waals surface area contributed by atoms with E-state index in [2.05, 4.69) is 45.3 Å². The number of hydrogen-bond acceptors (Lipinski definition) is 3. The molecule has 0 N–H and O–H groups in total. The van der Waals surface area contributed by atoms with Gasteiger partial charge in [-0.1, -0.05) is 0 Å². The van der Waals surface area contributed by atoms with Crippen LogP contribution in [0.5, 0.6) is 0 Å². The van der Waals surface area contributed by atoms with Crippen LogP contribution in [0.4, 0.5) is 0 Å². The largest absolute Gasteiger partial charge is 0.272 e. The summed E-state index contributed by atoms with van der Waals surface area (Å²) in [7, 11) is -2.84. The minimum absolute atomic E-state index is 0.258. The monoisotopic (exact) mass is 219 g/mol. The van der Waals surface area contributed by atoms with Crippen molar-refractivity contribution in [1.29, 1.82) is 0 Å². The van der Waals surface area contributed by atoms with E-state index in [1.807, 2.05) is 0 Å². The van der Waals surface area contributed by atoms with Crippen molar-refractivity contribution in [1.82, 2.24) is 0 Å². The first-order valence-electron chi connectivity index (χ1n) is 4.44. The molecule has 1 aliphatic rings. The summed E-state index contributed by atoms with van der Waals surface area (Å²) in [6.45, 7) is 12.8. The lowest BCUT2D eigenvalue weighted by Crippen LogP contribution is -2.09. The van der Waals surface area contributed by atoms with Gasteiger partial charge in [0.05, 0.1) is 20.5 Å². The zero-order chi connectivity index (χ0) is 10.3. The maximum absolute atomic E-state index is 4.81. The predicted molar refractivity (Wildman–Crippen MR) is 65.0 cm³/mol. The van der Waals surface area contributed by atoms with Crippen LogP contribution in [0.2, 0.25) is 0 Å². The molecule has 0 fully saturated rings. The van der Waals surface area contributed by atoms with Crippen LogP contribution in [0.1, 0.15) is 13.8 Å². The normalized spacial score (nSPS) is 30.9. The Balaban J connectivity index is 3.33. The fraction of sp³-hybridized carbons (Fsp3) is 0.875. The van der Waals surface area contributed by atoms with Crippen molar-refractivity contribution in [3.63, 3.8) is 0 Å². The molecular weight excluding hydrogens is 200 g/mol. The van der Waals surface area contributed by atoms with Crippen molar-refractivity contribution >= 4 is 20.1 Å². The predicted octanol–water partition coefficient (Wildman–Crippen LogP) is 3.60. The highest BCUT2D eigenvalue weighted by atomic mass is 31.2. The average Bonchev–Trinajstić information content (AvgIpc) is 1.85. The van der Waals surface area contributed by atoms with Gasteiger partial charge in [-0.3, -0.25) is 9.51 Å². The van der Waals surface area contributed by atoms with Gasteiger partial charge in [-0.2, -0.15) is 0 Å². The summed E-state index contributed by atoms with van der Waals surface area (Å²) in [5.74, 6) is 0. The summed E-state index contributed by atoms with van der Waals surface area (Å²) >= 11 is 0. The zero-order valence-electron chi connectivity index (χ0n) is 9.31. The minimum atomic E-state index is -1.43. The molecule has 5 heteroatoms. The smallest absolute Gasteiger partial charge is 0.0855 e. The molecule has 0 aromatic heterocycles. The van der Waals surface area contributed by atoms with Crippen LogP contribution in [-0.4, -0.2) is 38.4 Å². The molecule has 13 heavy (non-hydrogen) atoms. The third kappa shape index (κ3) is 3.07. The number of hydrogen-bond donors (Lipinski definition) is 0. The highest BCUT2D eigenvalue weighted by Crippen LogP contribution is 2.59. The molecule has 1 atom stereocenters. The van der Waals surface area contributed by atoms with Crippen molar-refractivity contribution in [3.05, 3.63) is 0 Å². The molecule has 1 rings (SSSR count). The second-order valence-electron chi connectivity index (χ2n) is 4.30. The molecule has 3 nitrogen and oxygen atoms in total. The molecule has 0 bridgehead atoms. The first-order valence-corrected chi connectivity index (χ1v) is 9.61. The molecule has 1 heterocycles.